The van der Waals surface area contributed by atoms with Gasteiger partial charge in [0.1, 0.15) is 18.0 Å². The van der Waals surface area contributed by atoms with Gasteiger partial charge in [-0.15, -0.1) is 10.2 Å². The Kier molecular flexibility index (Phi) is 3.06. The van der Waals surface area contributed by atoms with Crippen molar-refractivity contribution in [3.8, 4) is 5.69 Å². The maximum Gasteiger partial charge on any atom is 0.141 e. The second kappa shape index (κ2) is 4.86. The van der Waals surface area contributed by atoms with Crippen molar-refractivity contribution >= 4 is 0 Å². The summed E-state index contributed by atoms with van der Waals surface area (Å²) in [7, 11) is 0. The van der Waals surface area contributed by atoms with Gasteiger partial charge in [-0.3, -0.25) is 4.57 Å². The molecule has 0 radical (unpaired) electrons. The highest BCUT2D eigenvalue weighted by molar-refractivity contribution is 5.33. The van der Waals surface area contributed by atoms with Crippen molar-refractivity contribution in [3.63, 3.8) is 0 Å². The van der Waals surface area contributed by atoms with E-state index in [1.807, 2.05) is 4.57 Å². The van der Waals surface area contributed by atoms with E-state index in [9.17, 15) is 4.39 Å². The molecular weight excluding hydrogens is 231 g/mol. The molecule has 1 saturated heterocycles. The van der Waals surface area contributed by atoms with Crippen LogP contribution in [0.1, 0.15) is 24.6 Å². The van der Waals surface area contributed by atoms with E-state index in [2.05, 4.69) is 15.5 Å². The summed E-state index contributed by atoms with van der Waals surface area (Å²) in [6.45, 7) is 2.00. The Labute approximate surface area is 105 Å². The topological polar surface area (TPSA) is 42.7 Å². The van der Waals surface area contributed by atoms with Crippen molar-refractivity contribution in [1.82, 2.24) is 20.1 Å². The number of benzene rings is 1. The monoisotopic (exact) mass is 246 g/mol. The van der Waals surface area contributed by atoms with Gasteiger partial charge in [0.2, 0.25) is 0 Å². The van der Waals surface area contributed by atoms with Crippen molar-refractivity contribution in [2.75, 3.05) is 13.1 Å². The average Bonchev–Trinajstić information content (AvgIpc) is 2.90. The van der Waals surface area contributed by atoms with Gasteiger partial charge in [0, 0.05) is 18.2 Å². The Morgan fingerprint density at radius 3 is 2.83 bits per heavy atom. The van der Waals surface area contributed by atoms with Crippen LogP contribution in [0.4, 0.5) is 4.39 Å². The molecule has 0 saturated carbocycles. The first-order chi connectivity index (χ1) is 8.84. The summed E-state index contributed by atoms with van der Waals surface area (Å²) in [6, 6.07) is 6.41. The third-order valence-corrected chi connectivity index (χ3v) is 3.34. The molecule has 0 spiro atoms. The van der Waals surface area contributed by atoms with Crippen LogP contribution >= 0.6 is 0 Å². The van der Waals surface area contributed by atoms with E-state index in [0.29, 0.717) is 5.92 Å². The van der Waals surface area contributed by atoms with Gasteiger partial charge in [-0.25, -0.2) is 4.39 Å². The molecule has 0 bridgehead atoms. The van der Waals surface area contributed by atoms with E-state index >= 15 is 0 Å². The average molecular weight is 246 g/mol. The SMILES string of the molecule is Fc1ccc(-n2cnnc2[C@@H]2CCCNC2)cc1. The second-order valence-electron chi connectivity index (χ2n) is 4.58. The number of hydrogen-bond acceptors (Lipinski definition) is 3. The zero-order valence-electron chi connectivity index (χ0n) is 10.0. The molecule has 1 aliphatic heterocycles. The highest BCUT2D eigenvalue weighted by Gasteiger charge is 2.20. The lowest BCUT2D eigenvalue weighted by molar-refractivity contribution is 0.442. The van der Waals surface area contributed by atoms with Crippen molar-refractivity contribution < 1.29 is 4.39 Å². The first-order valence-electron chi connectivity index (χ1n) is 6.21. The molecule has 1 N–H and O–H groups in total. The fraction of sp³-hybridized carbons (Fsp3) is 0.385. The summed E-state index contributed by atoms with van der Waals surface area (Å²) in [5.41, 5.74) is 0.905. The zero-order valence-corrected chi connectivity index (χ0v) is 10.0. The normalized spacial score (nSPS) is 19.9. The van der Waals surface area contributed by atoms with Crippen molar-refractivity contribution in [2.45, 2.75) is 18.8 Å². The number of hydrogen-bond donors (Lipinski definition) is 1. The molecule has 1 aliphatic rings. The van der Waals surface area contributed by atoms with Crippen LogP contribution in [-0.4, -0.2) is 27.9 Å². The van der Waals surface area contributed by atoms with Crippen LogP contribution in [-0.2, 0) is 0 Å². The van der Waals surface area contributed by atoms with E-state index in [4.69, 9.17) is 0 Å². The fourth-order valence-corrected chi connectivity index (χ4v) is 2.40. The summed E-state index contributed by atoms with van der Waals surface area (Å²) in [5, 5.41) is 11.6. The fourth-order valence-electron chi connectivity index (χ4n) is 2.40. The maximum atomic E-state index is 12.9. The van der Waals surface area contributed by atoms with Crippen molar-refractivity contribution in [2.24, 2.45) is 0 Å². The highest BCUT2D eigenvalue weighted by Crippen LogP contribution is 2.23. The lowest BCUT2D eigenvalue weighted by Gasteiger charge is -2.22. The van der Waals surface area contributed by atoms with Crippen LogP contribution in [0.2, 0.25) is 0 Å². The number of nitrogens with zero attached hydrogens (tertiary/aromatic N) is 3. The largest absolute Gasteiger partial charge is 0.316 e. The number of nitrogens with one attached hydrogen (secondary N) is 1. The Bertz CT molecular complexity index is 514. The van der Waals surface area contributed by atoms with Crippen LogP contribution in [0.15, 0.2) is 30.6 Å². The van der Waals surface area contributed by atoms with Gasteiger partial charge in [-0.2, -0.15) is 0 Å². The number of aromatic nitrogens is 3. The molecule has 0 amide bonds. The van der Waals surface area contributed by atoms with Gasteiger partial charge in [0.25, 0.3) is 0 Å². The first-order valence-corrected chi connectivity index (χ1v) is 6.21. The molecule has 2 heterocycles. The number of piperidine rings is 1. The minimum Gasteiger partial charge on any atom is -0.316 e. The molecule has 4 nitrogen and oxygen atoms in total. The van der Waals surface area contributed by atoms with Crippen LogP contribution in [0, 0.1) is 5.82 Å². The van der Waals surface area contributed by atoms with Gasteiger partial charge >= 0.3 is 0 Å². The summed E-state index contributed by atoms with van der Waals surface area (Å²) in [5.74, 6) is 1.10. The molecule has 1 fully saturated rings. The number of halogens is 1. The quantitative estimate of drug-likeness (QED) is 0.879. The predicted octanol–water partition coefficient (Wildman–Crippen LogP) is 1.87. The molecule has 1 aromatic heterocycles. The van der Waals surface area contributed by atoms with Crippen LogP contribution in [0.25, 0.3) is 5.69 Å². The second-order valence-corrected chi connectivity index (χ2v) is 4.58. The standard InChI is InChI=1S/C13H15FN4/c14-11-3-5-12(6-4-11)18-9-16-17-13(18)10-2-1-7-15-8-10/h3-6,9-10,15H,1-2,7-8H2/t10-/m1/s1. The van der Waals surface area contributed by atoms with Crippen molar-refractivity contribution in [1.29, 1.82) is 0 Å². The molecule has 1 atom stereocenters. The van der Waals surface area contributed by atoms with Gasteiger partial charge in [0.15, 0.2) is 0 Å². The van der Waals surface area contributed by atoms with E-state index in [-0.39, 0.29) is 5.82 Å². The number of rotatable bonds is 2. The van der Waals surface area contributed by atoms with Gasteiger partial charge in [-0.05, 0) is 43.7 Å². The summed E-state index contributed by atoms with van der Waals surface area (Å²) < 4.78 is 14.9. The highest BCUT2D eigenvalue weighted by atomic mass is 19.1. The molecule has 1 aromatic carbocycles. The Balaban J connectivity index is 1.93. The molecule has 0 unspecified atom stereocenters. The lowest BCUT2D eigenvalue weighted by atomic mass is 9.99. The zero-order chi connectivity index (χ0) is 12.4. The lowest BCUT2D eigenvalue weighted by Crippen LogP contribution is -2.29. The maximum absolute atomic E-state index is 12.9. The van der Waals surface area contributed by atoms with Gasteiger partial charge in [-0.1, -0.05) is 0 Å². The summed E-state index contributed by atoms with van der Waals surface area (Å²) in [6.07, 6.45) is 3.96. The summed E-state index contributed by atoms with van der Waals surface area (Å²) in [4.78, 5) is 0. The molecule has 0 aliphatic carbocycles. The molecule has 2 aromatic rings. The third kappa shape index (κ3) is 2.13. The van der Waals surface area contributed by atoms with Crippen LogP contribution in [0.3, 0.4) is 0 Å². The van der Waals surface area contributed by atoms with Crippen LogP contribution < -0.4 is 5.32 Å². The van der Waals surface area contributed by atoms with Crippen molar-refractivity contribution in [3.05, 3.63) is 42.2 Å². The van der Waals surface area contributed by atoms with Crippen LogP contribution in [0.5, 0.6) is 0 Å². The Morgan fingerprint density at radius 2 is 2.11 bits per heavy atom. The summed E-state index contributed by atoms with van der Waals surface area (Å²) >= 11 is 0. The van der Waals surface area contributed by atoms with E-state index < -0.39 is 0 Å². The van der Waals surface area contributed by atoms with Gasteiger partial charge in [0.05, 0.1) is 0 Å². The minimum atomic E-state index is -0.229. The molecule has 5 heteroatoms. The van der Waals surface area contributed by atoms with E-state index in [1.165, 1.54) is 12.1 Å². The van der Waals surface area contributed by atoms with E-state index in [1.54, 1.807) is 18.5 Å². The molecule has 18 heavy (non-hydrogen) atoms. The molecule has 3 rings (SSSR count). The third-order valence-electron chi connectivity index (χ3n) is 3.34. The van der Waals surface area contributed by atoms with E-state index in [0.717, 1.165) is 37.4 Å². The minimum absolute atomic E-state index is 0.229. The molecular formula is C13H15FN4. The smallest absolute Gasteiger partial charge is 0.141 e. The Morgan fingerprint density at radius 1 is 1.28 bits per heavy atom. The predicted molar refractivity (Wildman–Crippen MR) is 66.2 cm³/mol. The Hall–Kier alpha value is -1.75. The first kappa shape index (κ1) is 11.3. The molecule has 94 valence electrons. The van der Waals surface area contributed by atoms with Gasteiger partial charge < -0.3 is 5.32 Å².